The number of carbonyl (C=O) groups is 1. The highest BCUT2D eigenvalue weighted by Crippen LogP contribution is 2.06. The van der Waals surface area contributed by atoms with Gasteiger partial charge in [-0.25, -0.2) is 9.38 Å². The van der Waals surface area contributed by atoms with Gasteiger partial charge in [0.05, 0.1) is 5.56 Å². The summed E-state index contributed by atoms with van der Waals surface area (Å²) in [5.41, 5.74) is 1.05. The molecule has 0 spiro atoms. The minimum Gasteiger partial charge on any atom is -0.310 e. The zero-order valence-electron chi connectivity index (χ0n) is 10.8. The van der Waals surface area contributed by atoms with Gasteiger partial charge in [0, 0.05) is 12.6 Å². The summed E-state index contributed by atoms with van der Waals surface area (Å²) in [6, 6.07) is 5.87. The number of amidine groups is 1. The quantitative estimate of drug-likeness (QED) is 0.647. The van der Waals surface area contributed by atoms with Crippen LogP contribution in [0.25, 0.3) is 0 Å². The minimum atomic E-state index is -0.535. The van der Waals surface area contributed by atoms with Gasteiger partial charge in [-0.1, -0.05) is 24.6 Å². The zero-order chi connectivity index (χ0) is 13.5. The molecule has 0 fully saturated rings. The lowest BCUT2D eigenvalue weighted by molar-refractivity contribution is 0.0972. The van der Waals surface area contributed by atoms with Gasteiger partial charge in [0.1, 0.15) is 11.7 Å². The predicted octanol–water partition coefficient (Wildman–Crippen LogP) is 3.29. The molecule has 18 heavy (non-hydrogen) atoms. The summed E-state index contributed by atoms with van der Waals surface area (Å²) >= 11 is 0. The van der Waals surface area contributed by atoms with Crippen LogP contribution in [0.5, 0.6) is 0 Å². The molecule has 0 aromatic heterocycles. The normalized spacial score (nSPS) is 11.0. The fourth-order valence-corrected chi connectivity index (χ4v) is 1.26. The first-order chi connectivity index (χ1) is 8.54. The van der Waals surface area contributed by atoms with Crippen molar-refractivity contribution < 1.29 is 9.18 Å². The molecule has 0 saturated carbocycles. The smallest absolute Gasteiger partial charge is 0.259 e. The van der Waals surface area contributed by atoms with Gasteiger partial charge in [0.25, 0.3) is 5.91 Å². The number of carbonyl (C=O) groups excluding carboxylic acids is 1. The number of rotatable bonds is 3. The van der Waals surface area contributed by atoms with Gasteiger partial charge in [-0.15, -0.1) is 0 Å². The van der Waals surface area contributed by atoms with E-state index in [1.54, 1.807) is 18.3 Å². The fourth-order valence-electron chi connectivity index (χ4n) is 1.26. The van der Waals surface area contributed by atoms with Crippen LogP contribution >= 0.6 is 0 Å². The van der Waals surface area contributed by atoms with E-state index in [2.05, 4.69) is 10.3 Å². The lowest BCUT2D eigenvalue weighted by Gasteiger charge is -2.06. The van der Waals surface area contributed by atoms with Crippen LogP contribution in [-0.2, 0) is 0 Å². The summed E-state index contributed by atoms with van der Waals surface area (Å²) in [6.07, 6.45) is 2.24. The lowest BCUT2D eigenvalue weighted by Crippen LogP contribution is -2.30. The summed E-state index contributed by atoms with van der Waals surface area (Å²) in [7, 11) is 0. The van der Waals surface area contributed by atoms with Crippen molar-refractivity contribution in [3.8, 4) is 0 Å². The van der Waals surface area contributed by atoms with E-state index >= 15 is 0 Å². The summed E-state index contributed by atoms with van der Waals surface area (Å²) < 4.78 is 13.4. The Morgan fingerprint density at radius 2 is 2.06 bits per heavy atom. The summed E-state index contributed by atoms with van der Waals surface area (Å²) in [5, 5.41) is 2.61. The summed E-state index contributed by atoms with van der Waals surface area (Å²) in [6.45, 7) is 5.70. The first-order valence-electron chi connectivity index (χ1n) is 5.80. The van der Waals surface area contributed by atoms with E-state index < -0.39 is 11.7 Å². The average molecular weight is 248 g/mol. The Morgan fingerprint density at radius 1 is 1.39 bits per heavy atom. The Hall–Kier alpha value is -1.97. The van der Waals surface area contributed by atoms with Crippen LogP contribution in [0.1, 0.15) is 37.6 Å². The molecule has 3 nitrogen and oxygen atoms in total. The van der Waals surface area contributed by atoms with E-state index in [0.29, 0.717) is 12.3 Å². The van der Waals surface area contributed by atoms with Crippen molar-refractivity contribution in [2.75, 3.05) is 0 Å². The Bertz CT molecular complexity index is 488. The molecule has 4 heteroatoms. The minimum absolute atomic E-state index is 0.0239. The fraction of sp³-hybridized carbons (Fsp3) is 0.286. The predicted molar refractivity (Wildman–Crippen MR) is 71.0 cm³/mol. The van der Waals surface area contributed by atoms with Gasteiger partial charge >= 0.3 is 0 Å². The molecule has 1 amide bonds. The van der Waals surface area contributed by atoms with Crippen LogP contribution in [0.2, 0.25) is 0 Å². The van der Waals surface area contributed by atoms with Crippen molar-refractivity contribution in [2.24, 2.45) is 4.99 Å². The number of allylic oxidation sites excluding steroid dienone is 1. The van der Waals surface area contributed by atoms with Crippen LogP contribution in [-0.4, -0.2) is 11.7 Å². The standard InChI is InChI=1S/C14H17FN2O/c1-4-13(16-9-10(2)3)17-14(18)11-7-5-6-8-12(11)15/h5-9H,4H2,1-3H3,(H,16,17,18). The van der Waals surface area contributed by atoms with Crippen molar-refractivity contribution in [3.05, 3.63) is 47.4 Å². The highest BCUT2D eigenvalue weighted by atomic mass is 19.1. The second kappa shape index (κ2) is 6.69. The Kier molecular flexibility index (Phi) is 5.24. The first-order valence-corrected chi connectivity index (χ1v) is 5.80. The number of halogens is 1. The molecule has 1 aromatic rings. The SMILES string of the molecule is CCC(=NC=C(C)C)NC(=O)c1ccccc1F. The number of aliphatic imine (C=N–C) groups is 1. The van der Waals surface area contributed by atoms with E-state index in [1.165, 1.54) is 12.1 Å². The Balaban J connectivity index is 2.84. The van der Waals surface area contributed by atoms with E-state index in [9.17, 15) is 9.18 Å². The van der Waals surface area contributed by atoms with E-state index in [1.807, 2.05) is 20.8 Å². The third-order valence-corrected chi connectivity index (χ3v) is 2.19. The van der Waals surface area contributed by atoms with Gasteiger partial charge in [-0.05, 0) is 26.0 Å². The molecule has 0 saturated heterocycles. The molecular formula is C14H17FN2O. The summed E-state index contributed by atoms with van der Waals surface area (Å²) in [5.74, 6) is -0.493. The second-order valence-electron chi connectivity index (χ2n) is 4.07. The number of nitrogens with one attached hydrogen (secondary N) is 1. The van der Waals surface area contributed by atoms with Crippen molar-refractivity contribution in [1.82, 2.24) is 5.32 Å². The van der Waals surface area contributed by atoms with E-state index in [4.69, 9.17) is 0 Å². The maximum absolute atomic E-state index is 13.4. The van der Waals surface area contributed by atoms with Crippen LogP contribution in [0.3, 0.4) is 0 Å². The van der Waals surface area contributed by atoms with Crippen molar-refractivity contribution in [2.45, 2.75) is 27.2 Å². The molecule has 0 radical (unpaired) electrons. The zero-order valence-corrected chi connectivity index (χ0v) is 10.8. The molecule has 1 aromatic carbocycles. The van der Waals surface area contributed by atoms with Crippen LogP contribution in [0.15, 0.2) is 41.0 Å². The van der Waals surface area contributed by atoms with Gasteiger partial charge < -0.3 is 5.32 Å². The molecule has 0 atom stereocenters. The summed E-state index contributed by atoms with van der Waals surface area (Å²) in [4.78, 5) is 16.0. The number of amides is 1. The van der Waals surface area contributed by atoms with E-state index in [0.717, 1.165) is 5.57 Å². The van der Waals surface area contributed by atoms with Crippen LogP contribution in [0.4, 0.5) is 4.39 Å². The number of hydrogen-bond acceptors (Lipinski definition) is 2. The third kappa shape index (κ3) is 4.13. The number of hydrogen-bond donors (Lipinski definition) is 1. The Morgan fingerprint density at radius 3 is 2.61 bits per heavy atom. The third-order valence-electron chi connectivity index (χ3n) is 2.19. The topological polar surface area (TPSA) is 41.5 Å². The van der Waals surface area contributed by atoms with Gasteiger partial charge in [-0.2, -0.15) is 0 Å². The van der Waals surface area contributed by atoms with Gasteiger partial charge in [0.2, 0.25) is 0 Å². The monoisotopic (exact) mass is 248 g/mol. The molecule has 0 aliphatic heterocycles. The average Bonchev–Trinajstić information content (AvgIpc) is 2.34. The molecule has 0 aliphatic carbocycles. The van der Waals surface area contributed by atoms with Gasteiger partial charge in [-0.3, -0.25) is 4.79 Å². The molecule has 1 rings (SSSR count). The maximum Gasteiger partial charge on any atom is 0.259 e. The molecular weight excluding hydrogens is 231 g/mol. The van der Waals surface area contributed by atoms with Crippen molar-refractivity contribution in [1.29, 1.82) is 0 Å². The molecule has 0 heterocycles. The first kappa shape index (κ1) is 14.1. The second-order valence-corrected chi connectivity index (χ2v) is 4.07. The molecule has 0 aliphatic rings. The highest BCUT2D eigenvalue weighted by molar-refractivity contribution is 6.06. The number of benzene rings is 1. The molecule has 96 valence electrons. The van der Waals surface area contributed by atoms with Crippen LogP contribution < -0.4 is 5.32 Å². The molecule has 1 N–H and O–H groups in total. The molecule has 0 unspecified atom stereocenters. The largest absolute Gasteiger partial charge is 0.310 e. The maximum atomic E-state index is 13.4. The highest BCUT2D eigenvalue weighted by Gasteiger charge is 2.11. The van der Waals surface area contributed by atoms with Crippen molar-refractivity contribution in [3.63, 3.8) is 0 Å². The Labute approximate surface area is 106 Å². The number of nitrogens with zero attached hydrogens (tertiary/aromatic N) is 1. The molecule has 0 bridgehead atoms. The van der Waals surface area contributed by atoms with Crippen molar-refractivity contribution >= 4 is 11.7 Å². The van der Waals surface area contributed by atoms with E-state index in [-0.39, 0.29) is 5.56 Å². The van der Waals surface area contributed by atoms with Crippen LogP contribution in [0, 0.1) is 5.82 Å². The lowest BCUT2D eigenvalue weighted by atomic mass is 10.2. The van der Waals surface area contributed by atoms with Gasteiger partial charge in [0.15, 0.2) is 0 Å².